The van der Waals surface area contributed by atoms with Crippen molar-refractivity contribution in [2.75, 3.05) is 33.2 Å². The fraction of sp³-hybridized carbons (Fsp3) is 0.357. The Morgan fingerprint density at radius 2 is 1.39 bits per heavy atom. The molecule has 1 aliphatic heterocycles. The van der Waals surface area contributed by atoms with Gasteiger partial charge in [0.1, 0.15) is 0 Å². The minimum Gasteiger partial charge on any atom is -0.303 e. The quantitative estimate of drug-likeness (QED) is 0.447. The van der Waals surface area contributed by atoms with Crippen LogP contribution in [0.15, 0.2) is 95.9 Å². The molecule has 1 atom stereocenters. The standard InChI is InChI=1S/C28H34N2O2S/c1-29(33(31,32)28-15-9-4-10-16-28)22-25(21-24-11-5-2-6-12-24)23-30-19-17-27(18-20-30)26-13-7-3-8-14-26/h2-16,25,27H,17-23H2,1H3. The summed E-state index contributed by atoms with van der Waals surface area (Å²) in [4.78, 5) is 2.88. The zero-order chi connectivity index (χ0) is 23.1. The topological polar surface area (TPSA) is 40.6 Å². The monoisotopic (exact) mass is 462 g/mol. The highest BCUT2D eigenvalue weighted by Gasteiger charge is 2.27. The van der Waals surface area contributed by atoms with Crippen molar-refractivity contribution in [1.82, 2.24) is 9.21 Å². The van der Waals surface area contributed by atoms with E-state index in [1.807, 2.05) is 12.1 Å². The average molecular weight is 463 g/mol. The van der Waals surface area contributed by atoms with Gasteiger partial charge in [-0.25, -0.2) is 12.7 Å². The molecule has 0 radical (unpaired) electrons. The van der Waals surface area contributed by atoms with E-state index in [9.17, 15) is 8.42 Å². The molecular formula is C28H34N2O2S. The van der Waals surface area contributed by atoms with Crippen molar-refractivity contribution in [3.63, 3.8) is 0 Å². The first-order valence-electron chi connectivity index (χ1n) is 11.8. The van der Waals surface area contributed by atoms with Crippen LogP contribution in [-0.2, 0) is 16.4 Å². The summed E-state index contributed by atoms with van der Waals surface area (Å²) in [7, 11) is -1.79. The molecule has 1 heterocycles. The normalized spacial score (nSPS) is 16.7. The number of sulfonamides is 1. The van der Waals surface area contributed by atoms with Crippen molar-refractivity contribution >= 4 is 10.0 Å². The zero-order valence-corrected chi connectivity index (χ0v) is 20.2. The van der Waals surface area contributed by atoms with Gasteiger partial charge in [0, 0.05) is 20.1 Å². The fourth-order valence-corrected chi connectivity index (χ4v) is 6.18. The number of hydrogen-bond donors (Lipinski definition) is 0. The third-order valence-corrected chi connectivity index (χ3v) is 8.55. The lowest BCUT2D eigenvalue weighted by atomic mass is 9.89. The van der Waals surface area contributed by atoms with E-state index in [4.69, 9.17) is 0 Å². The lowest BCUT2D eigenvalue weighted by Crippen LogP contribution is -2.41. The molecule has 1 saturated heterocycles. The van der Waals surface area contributed by atoms with Gasteiger partial charge in [-0.2, -0.15) is 0 Å². The van der Waals surface area contributed by atoms with Gasteiger partial charge in [-0.3, -0.25) is 0 Å². The van der Waals surface area contributed by atoms with Crippen LogP contribution < -0.4 is 0 Å². The van der Waals surface area contributed by atoms with Gasteiger partial charge in [-0.05, 0) is 67.4 Å². The van der Waals surface area contributed by atoms with Gasteiger partial charge in [0.15, 0.2) is 0 Å². The van der Waals surface area contributed by atoms with Gasteiger partial charge in [0.25, 0.3) is 0 Å². The maximum absolute atomic E-state index is 13.1. The molecule has 0 N–H and O–H groups in total. The predicted molar refractivity (Wildman–Crippen MR) is 135 cm³/mol. The second kappa shape index (κ2) is 11.1. The van der Waals surface area contributed by atoms with E-state index in [2.05, 4.69) is 59.5 Å². The molecule has 1 aliphatic rings. The number of hydrogen-bond acceptors (Lipinski definition) is 3. The molecule has 0 saturated carbocycles. The molecule has 1 unspecified atom stereocenters. The van der Waals surface area contributed by atoms with Crippen LogP contribution in [0.3, 0.4) is 0 Å². The molecular weight excluding hydrogens is 428 g/mol. The number of likely N-dealkylation sites (tertiary alicyclic amines) is 1. The summed E-state index contributed by atoms with van der Waals surface area (Å²) in [5, 5.41) is 0. The highest BCUT2D eigenvalue weighted by Crippen LogP contribution is 2.28. The van der Waals surface area contributed by atoms with Crippen LogP contribution in [-0.4, -0.2) is 50.8 Å². The molecule has 174 valence electrons. The number of nitrogens with zero attached hydrogens (tertiary/aromatic N) is 2. The molecule has 3 aromatic rings. The second-order valence-corrected chi connectivity index (χ2v) is 11.2. The first-order valence-corrected chi connectivity index (χ1v) is 13.3. The summed E-state index contributed by atoms with van der Waals surface area (Å²) in [6, 6.07) is 30.0. The number of piperidine rings is 1. The van der Waals surface area contributed by atoms with Crippen LogP contribution in [0.2, 0.25) is 0 Å². The molecule has 0 aromatic heterocycles. The van der Waals surface area contributed by atoms with Crippen molar-refractivity contribution in [2.45, 2.75) is 30.1 Å². The predicted octanol–water partition coefficient (Wildman–Crippen LogP) is 5.05. The Kier molecular flexibility index (Phi) is 7.97. The van der Waals surface area contributed by atoms with E-state index in [0.29, 0.717) is 17.4 Å². The molecule has 0 amide bonds. The van der Waals surface area contributed by atoms with Gasteiger partial charge in [0.05, 0.1) is 4.90 Å². The van der Waals surface area contributed by atoms with Crippen LogP contribution in [0, 0.1) is 5.92 Å². The largest absolute Gasteiger partial charge is 0.303 e. The van der Waals surface area contributed by atoms with E-state index in [1.54, 1.807) is 31.3 Å². The third-order valence-electron chi connectivity index (χ3n) is 6.71. The van der Waals surface area contributed by atoms with Crippen LogP contribution in [0.5, 0.6) is 0 Å². The van der Waals surface area contributed by atoms with Gasteiger partial charge >= 0.3 is 0 Å². The maximum Gasteiger partial charge on any atom is 0.242 e. The summed E-state index contributed by atoms with van der Waals surface area (Å²) in [5.74, 6) is 0.848. The fourth-order valence-electron chi connectivity index (χ4n) is 4.91. The first-order chi connectivity index (χ1) is 16.0. The Labute approximate surface area is 198 Å². The maximum atomic E-state index is 13.1. The summed E-state index contributed by atoms with van der Waals surface area (Å²) in [5.41, 5.74) is 2.69. The lowest BCUT2D eigenvalue weighted by Gasteiger charge is -2.35. The van der Waals surface area contributed by atoms with Crippen molar-refractivity contribution in [3.05, 3.63) is 102 Å². The van der Waals surface area contributed by atoms with Crippen LogP contribution in [0.25, 0.3) is 0 Å². The molecule has 0 aliphatic carbocycles. The zero-order valence-electron chi connectivity index (χ0n) is 19.4. The Bertz CT molecular complexity index is 1080. The molecule has 4 rings (SSSR count). The summed E-state index contributed by atoms with van der Waals surface area (Å²) in [6.45, 7) is 3.52. The van der Waals surface area contributed by atoms with E-state index in [1.165, 1.54) is 15.4 Å². The number of rotatable bonds is 9. The molecule has 0 spiro atoms. The molecule has 1 fully saturated rings. The molecule has 33 heavy (non-hydrogen) atoms. The Morgan fingerprint density at radius 1 is 0.848 bits per heavy atom. The molecule has 0 bridgehead atoms. The smallest absolute Gasteiger partial charge is 0.242 e. The first kappa shape index (κ1) is 23.7. The van der Waals surface area contributed by atoms with E-state index in [-0.39, 0.29) is 5.92 Å². The summed E-state index contributed by atoms with van der Waals surface area (Å²) >= 11 is 0. The molecule has 4 nitrogen and oxygen atoms in total. The Hall–Kier alpha value is -2.47. The van der Waals surface area contributed by atoms with Crippen molar-refractivity contribution in [3.8, 4) is 0 Å². The Balaban J connectivity index is 1.43. The van der Waals surface area contributed by atoms with Crippen molar-refractivity contribution in [1.29, 1.82) is 0 Å². The van der Waals surface area contributed by atoms with E-state index in [0.717, 1.165) is 38.9 Å². The van der Waals surface area contributed by atoms with Crippen LogP contribution in [0.4, 0.5) is 0 Å². The van der Waals surface area contributed by atoms with E-state index < -0.39 is 10.0 Å². The van der Waals surface area contributed by atoms with Gasteiger partial charge in [0.2, 0.25) is 10.0 Å². The van der Waals surface area contributed by atoms with Gasteiger partial charge in [-0.15, -0.1) is 0 Å². The minimum absolute atomic E-state index is 0.226. The highest BCUT2D eigenvalue weighted by atomic mass is 32.2. The average Bonchev–Trinajstić information content (AvgIpc) is 2.86. The van der Waals surface area contributed by atoms with Gasteiger partial charge in [-0.1, -0.05) is 78.9 Å². The SMILES string of the molecule is CN(CC(Cc1ccccc1)CN1CCC(c2ccccc2)CC1)S(=O)(=O)c1ccccc1. The Morgan fingerprint density at radius 3 is 2.00 bits per heavy atom. The minimum atomic E-state index is -3.50. The molecule has 5 heteroatoms. The van der Waals surface area contributed by atoms with Gasteiger partial charge < -0.3 is 4.90 Å². The lowest BCUT2D eigenvalue weighted by molar-refractivity contribution is 0.173. The van der Waals surface area contributed by atoms with Crippen molar-refractivity contribution < 1.29 is 8.42 Å². The van der Waals surface area contributed by atoms with Crippen molar-refractivity contribution in [2.24, 2.45) is 5.92 Å². The number of benzene rings is 3. The summed E-state index contributed by atoms with van der Waals surface area (Å²) in [6.07, 6.45) is 3.18. The second-order valence-electron chi connectivity index (χ2n) is 9.14. The third kappa shape index (κ3) is 6.32. The van der Waals surface area contributed by atoms with Crippen LogP contribution in [0.1, 0.15) is 29.9 Å². The molecule has 3 aromatic carbocycles. The highest BCUT2D eigenvalue weighted by molar-refractivity contribution is 7.89. The van der Waals surface area contributed by atoms with Crippen LogP contribution >= 0.6 is 0 Å². The summed E-state index contributed by atoms with van der Waals surface area (Å²) < 4.78 is 27.8. The van der Waals surface area contributed by atoms with E-state index >= 15 is 0 Å².